The zero-order valence-electron chi connectivity index (χ0n) is 15.1. The van der Waals surface area contributed by atoms with E-state index < -0.39 is 0 Å². The molecule has 25 heavy (non-hydrogen) atoms. The molecule has 0 saturated heterocycles. The average molecular weight is 343 g/mol. The second kappa shape index (κ2) is 7.35. The monoisotopic (exact) mass is 343 g/mol. The third kappa shape index (κ3) is 4.45. The Kier molecular flexibility index (Phi) is 5.18. The molecular formula is C19H25N3O3. The maximum Gasteiger partial charge on any atom is 0.281 e. The van der Waals surface area contributed by atoms with Crippen molar-refractivity contribution < 1.29 is 14.1 Å². The van der Waals surface area contributed by atoms with E-state index in [9.17, 15) is 4.79 Å². The quantitative estimate of drug-likeness (QED) is 0.821. The highest BCUT2D eigenvalue weighted by atomic mass is 16.5. The van der Waals surface area contributed by atoms with Crippen LogP contribution in [0.3, 0.4) is 0 Å². The summed E-state index contributed by atoms with van der Waals surface area (Å²) in [5.74, 6) is 1.04. The Morgan fingerprint density at radius 1 is 1.32 bits per heavy atom. The van der Waals surface area contributed by atoms with Gasteiger partial charge in [0.05, 0.1) is 5.60 Å². The van der Waals surface area contributed by atoms with Gasteiger partial charge >= 0.3 is 0 Å². The Labute approximate surface area is 148 Å². The van der Waals surface area contributed by atoms with Gasteiger partial charge in [-0.2, -0.15) is 0 Å². The first kappa shape index (κ1) is 17.6. The number of aromatic nitrogens is 2. The number of rotatable bonds is 5. The van der Waals surface area contributed by atoms with Crippen LogP contribution in [-0.4, -0.2) is 27.7 Å². The molecule has 2 aromatic rings. The van der Waals surface area contributed by atoms with Gasteiger partial charge in [-0.25, -0.2) is 4.98 Å². The van der Waals surface area contributed by atoms with E-state index in [-0.39, 0.29) is 24.2 Å². The Bertz CT molecular complexity index is 700. The highest BCUT2D eigenvalue weighted by Crippen LogP contribution is 2.28. The van der Waals surface area contributed by atoms with Gasteiger partial charge in [0.25, 0.3) is 5.91 Å². The summed E-state index contributed by atoms with van der Waals surface area (Å²) in [6.45, 7) is 6.20. The number of nitrogens with zero attached hydrogens (tertiary/aromatic N) is 3. The van der Waals surface area contributed by atoms with Crippen LogP contribution in [0.2, 0.25) is 0 Å². The molecular weight excluding hydrogens is 318 g/mol. The summed E-state index contributed by atoms with van der Waals surface area (Å²) in [6.07, 6.45) is 5.94. The fraction of sp³-hybridized carbons (Fsp3) is 0.526. The fourth-order valence-electron chi connectivity index (χ4n) is 3.01. The number of pyridine rings is 1. The van der Waals surface area contributed by atoms with Gasteiger partial charge in [-0.1, -0.05) is 24.1 Å². The summed E-state index contributed by atoms with van der Waals surface area (Å²) in [7, 11) is 0. The number of hydrogen-bond acceptors (Lipinski definition) is 5. The molecule has 1 aliphatic carbocycles. The van der Waals surface area contributed by atoms with Crippen LogP contribution in [0, 0.1) is 0 Å². The second-order valence-electron chi connectivity index (χ2n) is 7.38. The molecule has 0 N–H and O–H groups in total. The first-order valence-corrected chi connectivity index (χ1v) is 8.78. The molecule has 1 amide bonds. The van der Waals surface area contributed by atoms with Crippen LogP contribution in [0.15, 0.2) is 35.0 Å². The van der Waals surface area contributed by atoms with Gasteiger partial charge in [0.1, 0.15) is 12.4 Å². The molecule has 0 atom stereocenters. The van der Waals surface area contributed by atoms with Crippen molar-refractivity contribution in [1.82, 2.24) is 10.1 Å². The standard InChI is InChI=1S/C19H25N3O3/c1-19(2,3)24-13-15-12-16(21-25-15)18(23)22(14-8-4-5-9-14)17-10-6-7-11-20-17/h6-7,10-12,14H,4-5,8-9,13H2,1-3H3. The molecule has 0 aromatic carbocycles. The van der Waals surface area contributed by atoms with E-state index in [1.807, 2.05) is 39.0 Å². The Balaban J connectivity index is 1.79. The molecule has 0 unspecified atom stereocenters. The lowest BCUT2D eigenvalue weighted by Gasteiger charge is -2.27. The summed E-state index contributed by atoms with van der Waals surface area (Å²) in [5.41, 5.74) is 0.0194. The van der Waals surface area contributed by atoms with Crippen molar-refractivity contribution >= 4 is 11.7 Å². The van der Waals surface area contributed by atoms with Gasteiger partial charge < -0.3 is 9.26 Å². The Morgan fingerprint density at radius 2 is 2.08 bits per heavy atom. The highest BCUT2D eigenvalue weighted by Gasteiger charge is 2.31. The topological polar surface area (TPSA) is 68.5 Å². The van der Waals surface area contributed by atoms with Crippen molar-refractivity contribution in [1.29, 1.82) is 0 Å². The number of carbonyl (C=O) groups excluding carboxylic acids is 1. The van der Waals surface area contributed by atoms with E-state index in [0.717, 1.165) is 25.7 Å². The van der Waals surface area contributed by atoms with E-state index in [1.54, 1.807) is 17.2 Å². The van der Waals surface area contributed by atoms with Gasteiger partial charge in [-0.05, 0) is 45.7 Å². The first-order chi connectivity index (χ1) is 11.9. The zero-order valence-corrected chi connectivity index (χ0v) is 15.1. The predicted molar refractivity (Wildman–Crippen MR) is 94.3 cm³/mol. The Hall–Kier alpha value is -2.21. The van der Waals surface area contributed by atoms with E-state index in [1.165, 1.54) is 0 Å². The molecule has 134 valence electrons. The van der Waals surface area contributed by atoms with Crippen molar-refractivity contribution in [2.75, 3.05) is 4.90 Å². The molecule has 6 heteroatoms. The normalized spacial score (nSPS) is 15.5. The van der Waals surface area contributed by atoms with Gasteiger partial charge in [0.2, 0.25) is 0 Å². The summed E-state index contributed by atoms with van der Waals surface area (Å²) < 4.78 is 11.0. The van der Waals surface area contributed by atoms with Crippen molar-refractivity contribution in [3.05, 3.63) is 41.9 Å². The SMILES string of the molecule is CC(C)(C)OCc1cc(C(=O)N(c2ccccn2)C2CCCC2)no1. The molecule has 0 aliphatic heterocycles. The molecule has 1 saturated carbocycles. The van der Waals surface area contributed by atoms with Crippen molar-refractivity contribution in [2.45, 2.75) is 64.7 Å². The third-order valence-corrected chi connectivity index (χ3v) is 4.23. The number of carbonyl (C=O) groups is 1. The zero-order chi connectivity index (χ0) is 17.9. The molecule has 0 spiro atoms. The van der Waals surface area contributed by atoms with Crippen LogP contribution in [0.5, 0.6) is 0 Å². The minimum atomic E-state index is -0.277. The van der Waals surface area contributed by atoms with Gasteiger partial charge in [0, 0.05) is 18.3 Å². The van der Waals surface area contributed by atoms with Gasteiger partial charge in [-0.15, -0.1) is 0 Å². The van der Waals surface area contributed by atoms with E-state index >= 15 is 0 Å². The molecule has 3 rings (SSSR count). The van der Waals surface area contributed by atoms with Crippen LogP contribution in [0.4, 0.5) is 5.82 Å². The maximum atomic E-state index is 13.1. The molecule has 2 aromatic heterocycles. The summed E-state index contributed by atoms with van der Waals surface area (Å²) in [6, 6.07) is 7.43. The molecule has 0 bridgehead atoms. The van der Waals surface area contributed by atoms with E-state index in [4.69, 9.17) is 9.26 Å². The molecule has 6 nitrogen and oxygen atoms in total. The Morgan fingerprint density at radius 3 is 2.72 bits per heavy atom. The smallest absolute Gasteiger partial charge is 0.281 e. The van der Waals surface area contributed by atoms with Crippen molar-refractivity contribution in [2.24, 2.45) is 0 Å². The molecule has 0 radical (unpaired) electrons. The highest BCUT2D eigenvalue weighted by molar-refractivity contribution is 6.04. The van der Waals surface area contributed by atoms with Crippen LogP contribution >= 0.6 is 0 Å². The van der Waals surface area contributed by atoms with Crippen LogP contribution < -0.4 is 4.90 Å². The second-order valence-corrected chi connectivity index (χ2v) is 7.38. The number of ether oxygens (including phenoxy) is 1. The summed E-state index contributed by atoms with van der Waals surface area (Å²) >= 11 is 0. The minimum absolute atomic E-state index is 0.161. The largest absolute Gasteiger partial charge is 0.368 e. The first-order valence-electron chi connectivity index (χ1n) is 8.78. The van der Waals surface area contributed by atoms with Crippen LogP contribution in [-0.2, 0) is 11.3 Å². The number of hydrogen-bond donors (Lipinski definition) is 0. The number of anilines is 1. The lowest BCUT2D eigenvalue weighted by Crippen LogP contribution is -2.39. The molecule has 1 fully saturated rings. The average Bonchev–Trinajstić information content (AvgIpc) is 3.25. The van der Waals surface area contributed by atoms with E-state index in [0.29, 0.717) is 17.3 Å². The summed E-state index contributed by atoms with van der Waals surface area (Å²) in [4.78, 5) is 19.2. The molecule has 2 heterocycles. The predicted octanol–water partition coefficient (Wildman–Crippen LogP) is 3.97. The maximum absolute atomic E-state index is 13.1. The van der Waals surface area contributed by atoms with E-state index in [2.05, 4.69) is 10.1 Å². The van der Waals surface area contributed by atoms with Crippen LogP contribution in [0.25, 0.3) is 0 Å². The minimum Gasteiger partial charge on any atom is -0.368 e. The number of amides is 1. The van der Waals surface area contributed by atoms with Gasteiger partial charge in [0.15, 0.2) is 11.5 Å². The third-order valence-electron chi connectivity index (χ3n) is 4.23. The molecule has 1 aliphatic rings. The van der Waals surface area contributed by atoms with Crippen molar-refractivity contribution in [3.8, 4) is 0 Å². The summed E-state index contributed by atoms with van der Waals surface area (Å²) in [5, 5.41) is 3.96. The fourth-order valence-corrected chi connectivity index (χ4v) is 3.01. The van der Waals surface area contributed by atoms with Crippen LogP contribution in [0.1, 0.15) is 62.7 Å². The lowest BCUT2D eigenvalue weighted by atomic mass is 10.2. The lowest BCUT2D eigenvalue weighted by molar-refractivity contribution is -0.0241. The van der Waals surface area contributed by atoms with Gasteiger partial charge in [-0.3, -0.25) is 9.69 Å². The van der Waals surface area contributed by atoms with Crippen molar-refractivity contribution in [3.63, 3.8) is 0 Å².